The van der Waals surface area contributed by atoms with E-state index in [1.807, 2.05) is 30.3 Å². The van der Waals surface area contributed by atoms with Crippen LogP contribution in [0, 0.1) is 5.41 Å². The standard InChI is InChI=1S/C15H14ClN3O/c16-11-6-12(13(8-17)14(18)7-11)15(20)19-9-10-4-2-1-3-5-10/h1-8,17H,9,18H2,(H,19,20). The number of rotatable bonds is 4. The third-order valence-corrected chi connectivity index (χ3v) is 3.08. The van der Waals surface area contributed by atoms with Crippen molar-refractivity contribution in [1.29, 1.82) is 5.41 Å². The van der Waals surface area contributed by atoms with Gasteiger partial charge in [-0.1, -0.05) is 41.9 Å². The fraction of sp³-hybridized carbons (Fsp3) is 0.0667. The van der Waals surface area contributed by atoms with Crippen molar-refractivity contribution in [2.45, 2.75) is 6.54 Å². The van der Waals surface area contributed by atoms with Crippen LogP contribution in [0.1, 0.15) is 21.5 Å². The fourth-order valence-corrected chi connectivity index (χ4v) is 2.09. The van der Waals surface area contributed by atoms with E-state index in [1.165, 1.54) is 12.1 Å². The molecular weight excluding hydrogens is 274 g/mol. The largest absolute Gasteiger partial charge is 0.398 e. The minimum Gasteiger partial charge on any atom is -0.398 e. The minimum atomic E-state index is -0.304. The van der Waals surface area contributed by atoms with Crippen LogP contribution in [0.25, 0.3) is 0 Å². The molecule has 0 aliphatic heterocycles. The van der Waals surface area contributed by atoms with E-state index in [9.17, 15) is 4.79 Å². The number of nitrogens with two attached hydrogens (primary N) is 1. The van der Waals surface area contributed by atoms with Crippen molar-refractivity contribution in [2.75, 3.05) is 5.73 Å². The van der Waals surface area contributed by atoms with Gasteiger partial charge in [0.2, 0.25) is 0 Å². The van der Waals surface area contributed by atoms with Gasteiger partial charge in [-0.3, -0.25) is 4.79 Å². The maximum absolute atomic E-state index is 12.2. The van der Waals surface area contributed by atoms with Crippen LogP contribution in [0.5, 0.6) is 0 Å². The molecule has 102 valence electrons. The second kappa shape index (κ2) is 6.21. The number of benzene rings is 2. The highest BCUT2D eigenvalue weighted by atomic mass is 35.5. The van der Waals surface area contributed by atoms with Gasteiger partial charge in [0.25, 0.3) is 5.91 Å². The van der Waals surface area contributed by atoms with Crippen molar-refractivity contribution in [2.24, 2.45) is 0 Å². The minimum absolute atomic E-state index is 0.304. The molecule has 1 amide bonds. The summed E-state index contributed by atoms with van der Waals surface area (Å²) in [7, 11) is 0. The van der Waals surface area contributed by atoms with Crippen molar-refractivity contribution >= 4 is 29.4 Å². The zero-order chi connectivity index (χ0) is 14.5. The molecule has 0 unspecified atom stereocenters. The van der Waals surface area contributed by atoms with Crippen molar-refractivity contribution < 1.29 is 4.79 Å². The second-order valence-electron chi connectivity index (χ2n) is 4.27. The van der Waals surface area contributed by atoms with Crippen molar-refractivity contribution in [3.05, 3.63) is 64.2 Å². The smallest absolute Gasteiger partial charge is 0.252 e. The molecule has 0 radical (unpaired) electrons. The SMILES string of the molecule is N=Cc1c(N)cc(Cl)cc1C(=O)NCc1ccccc1. The number of nitrogens with one attached hydrogen (secondary N) is 2. The third-order valence-electron chi connectivity index (χ3n) is 2.86. The van der Waals surface area contributed by atoms with E-state index >= 15 is 0 Å². The van der Waals surface area contributed by atoms with Crippen LogP contribution in [0.4, 0.5) is 5.69 Å². The topological polar surface area (TPSA) is 79.0 Å². The first-order valence-electron chi connectivity index (χ1n) is 6.03. The van der Waals surface area contributed by atoms with E-state index in [-0.39, 0.29) is 5.91 Å². The van der Waals surface area contributed by atoms with Crippen LogP contribution in [0.15, 0.2) is 42.5 Å². The normalized spacial score (nSPS) is 10.1. The van der Waals surface area contributed by atoms with E-state index in [2.05, 4.69) is 5.32 Å². The lowest BCUT2D eigenvalue weighted by Gasteiger charge is -2.10. The molecule has 5 heteroatoms. The maximum Gasteiger partial charge on any atom is 0.252 e. The summed E-state index contributed by atoms with van der Waals surface area (Å²) >= 11 is 5.91. The Hall–Kier alpha value is -2.33. The molecule has 4 nitrogen and oxygen atoms in total. The van der Waals surface area contributed by atoms with E-state index in [4.69, 9.17) is 22.7 Å². The van der Waals surface area contributed by atoms with Gasteiger partial charge >= 0.3 is 0 Å². The lowest BCUT2D eigenvalue weighted by molar-refractivity contribution is 0.0951. The number of halogens is 1. The number of carbonyl (C=O) groups is 1. The van der Waals surface area contributed by atoms with E-state index < -0.39 is 0 Å². The van der Waals surface area contributed by atoms with Gasteiger partial charge in [-0.2, -0.15) is 0 Å². The number of amides is 1. The monoisotopic (exact) mass is 287 g/mol. The highest BCUT2D eigenvalue weighted by molar-refractivity contribution is 6.31. The summed E-state index contributed by atoms with van der Waals surface area (Å²) in [4.78, 5) is 12.2. The van der Waals surface area contributed by atoms with E-state index in [0.717, 1.165) is 11.8 Å². The van der Waals surface area contributed by atoms with Gasteiger partial charge in [-0.05, 0) is 17.7 Å². The van der Waals surface area contributed by atoms with Gasteiger partial charge < -0.3 is 16.5 Å². The number of hydrogen-bond donors (Lipinski definition) is 3. The Morgan fingerprint density at radius 1 is 1.30 bits per heavy atom. The average Bonchev–Trinajstić information content (AvgIpc) is 2.45. The summed E-state index contributed by atoms with van der Waals surface area (Å²) in [6.45, 7) is 0.406. The lowest BCUT2D eigenvalue weighted by atomic mass is 10.1. The van der Waals surface area contributed by atoms with E-state index in [1.54, 1.807) is 0 Å². The molecule has 0 heterocycles. The Morgan fingerprint density at radius 3 is 2.65 bits per heavy atom. The fourth-order valence-electron chi connectivity index (χ4n) is 1.86. The van der Waals surface area contributed by atoms with E-state index in [0.29, 0.717) is 28.4 Å². The van der Waals surface area contributed by atoms with Crippen molar-refractivity contribution in [1.82, 2.24) is 5.32 Å². The summed E-state index contributed by atoms with van der Waals surface area (Å²) in [6.07, 6.45) is 1.06. The highest BCUT2D eigenvalue weighted by Gasteiger charge is 2.13. The Morgan fingerprint density at radius 2 is 2.00 bits per heavy atom. The Balaban J connectivity index is 2.19. The summed E-state index contributed by atoms with van der Waals surface area (Å²) in [5, 5.41) is 10.5. The lowest BCUT2D eigenvalue weighted by Crippen LogP contribution is -2.24. The molecule has 0 bridgehead atoms. The molecule has 20 heavy (non-hydrogen) atoms. The number of nitrogen functional groups attached to an aromatic ring is 1. The van der Waals surface area contributed by atoms with Gasteiger partial charge in [0.15, 0.2) is 0 Å². The predicted octanol–water partition coefficient (Wildman–Crippen LogP) is 2.85. The summed E-state index contributed by atoms with van der Waals surface area (Å²) < 4.78 is 0. The van der Waals surface area contributed by atoms with Gasteiger partial charge in [0.1, 0.15) is 0 Å². The molecule has 0 saturated heterocycles. The Labute approximate surface area is 122 Å². The Kier molecular flexibility index (Phi) is 4.38. The molecule has 4 N–H and O–H groups in total. The number of hydrogen-bond acceptors (Lipinski definition) is 3. The van der Waals surface area contributed by atoms with Crippen LogP contribution < -0.4 is 11.1 Å². The first kappa shape index (κ1) is 14.1. The molecule has 2 rings (SSSR count). The van der Waals surface area contributed by atoms with Crippen LogP contribution >= 0.6 is 11.6 Å². The van der Waals surface area contributed by atoms with Gasteiger partial charge in [0.05, 0.1) is 5.56 Å². The number of carbonyl (C=O) groups excluding carboxylic acids is 1. The van der Waals surface area contributed by atoms with Crippen LogP contribution in [0.2, 0.25) is 5.02 Å². The van der Waals surface area contributed by atoms with Crippen molar-refractivity contribution in [3.8, 4) is 0 Å². The quantitative estimate of drug-likeness (QED) is 0.597. The molecule has 0 aliphatic rings. The average molecular weight is 288 g/mol. The highest BCUT2D eigenvalue weighted by Crippen LogP contribution is 2.21. The van der Waals surface area contributed by atoms with Gasteiger partial charge in [-0.25, -0.2) is 0 Å². The summed E-state index contributed by atoms with van der Waals surface area (Å²) in [6, 6.07) is 12.6. The molecule has 0 aromatic heterocycles. The predicted molar refractivity (Wildman–Crippen MR) is 81.4 cm³/mol. The Bertz CT molecular complexity index is 641. The molecular formula is C15H14ClN3O. The maximum atomic E-state index is 12.2. The van der Waals surface area contributed by atoms with Crippen LogP contribution in [-0.4, -0.2) is 12.1 Å². The molecule has 2 aromatic rings. The first-order valence-corrected chi connectivity index (χ1v) is 6.41. The molecule has 0 spiro atoms. The van der Waals surface area contributed by atoms with Gasteiger partial charge in [-0.15, -0.1) is 0 Å². The molecule has 0 fully saturated rings. The zero-order valence-corrected chi connectivity index (χ0v) is 11.4. The summed E-state index contributed by atoms with van der Waals surface area (Å²) in [5.74, 6) is -0.304. The molecule has 0 aliphatic carbocycles. The molecule has 0 atom stereocenters. The summed E-state index contributed by atoms with van der Waals surface area (Å²) in [5.41, 5.74) is 7.75. The number of anilines is 1. The zero-order valence-electron chi connectivity index (χ0n) is 10.7. The third kappa shape index (κ3) is 3.16. The molecule has 0 saturated carbocycles. The van der Waals surface area contributed by atoms with Crippen LogP contribution in [-0.2, 0) is 6.54 Å². The van der Waals surface area contributed by atoms with Crippen molar-refractivity contribution in [3.63, 3.8) is 0 Å². The first-order chi connectivity index (χ1) is 9.61. The molecule has 2 aromatic carbocycles. The second-order valence-corrected chi connectivity index (χ2v) is 4.71. The van der Waals surface area contributed by atoms with Crippen LogP contribution in [0.3, 0.4) is 0 Å². The van der Waals surface area contributed by atoms with Gasteiger partial charge in [0, 0.05) is 29.0 Å².